The molecule has 1 saturated heterocycles. The molecule has 1 aliphatic heterocycles. The van der Waals surface area contributed by atoms with Crippen molar-refractivity contribution in [1.29, 1.82) is 0 Å². The van der Waals surface area contributed by atoms with Crippen molar-refractivity contribution in [3.05, 3.63) is 62.4 Å². The fourth-order valence-electron chi connectivity index (χ4n) is 2.14. The molecule has 9 heteroatoms. The first-order valence-corrected chi connectivity index (χ1v) is 9.65. The van der Waals surface area contributed by atoms with Crippen LogP contribution in [0, 0.1) is 0 Å². The molecule has 0 atom stereocenters. The number of ether oxygens (including phenoxy) is 1. The molecule has 27 heavy (non-hydrogen) atoms. The van der Waals surface area contributed by atoms with E-state index in [1.54, 1.807) is 24.3 Å². The normalized spacial score (nSPS) is 16.6. The first-order valence-electron chi connectivity index (χ1n) is 7.66. The van der Waals surface area contributed by atoms with Gasteiger partial charge in [-0.05, 0) is 59.8 Å². The molecule has 2 aromatic rings. The lowest BCUT2D eigenvalue weighted by atomic mass is 10.2. The van der Waals surface area contributed by atoms with Crippen molar-refractivity contribution >= 4 is 68.0 Å². The molecule has 0 aromatic heterocycles. The minimum Gasteiger partial charge on any atom is -0.482 e. The van der Waals surface area contributed by atoms with Gasteiger partial charge in [-0.15, -0.1) is 0 Å². The number of nitrogens with one attached hydrogen (secondary N) is 1. The van der Waals surface area contributed by atoms with Crippen molar-refractivity contribution < 1.29 is 14.3 Å². The molecule has 6 nitrogen and oxygen atoms in total. The number of amides is 2. The van der Waals surface area contributed by atoms with Gasteiger partial charge in [-0.1, -0.05) is 33.6 Å². The van der Waals surface area contributed by atoms with E-state index in [-0.39, 0.29) is 12.5 Å². The average molecular weight is 467 g/mol. The van der Waals surface area contributed by atoms with Gasteiger partial charge in [0, 0.05) is 4.47 Å². The molecule has 0 radical (unpaired) electrons. The van der Waals surface area contributed by atoms with Crippen LogP contribution in [0.25, 0.3) is 6.08 Å². The second-order valence-electron chi connectivity index (χ2n) is 5.40. The number of benzene rings is 2. The lowest BCUT2D eigenvalue weighted by Crippen LogP contribution is -2.20. The number of aliphatic imine (C=N–C) groups is 1. The van der Waals surface area contributed by atoms with Gasteiger partial charge in [0.1, 0.15) is 5.75 Å². The van der Waals surface area contributed by atoms with Crippen LogP contribution in [0.5, 0.6) is 5.75 Å². The minimum absolute atomic E-state index is 0.235. The van der Waals surface area contributed by atoms with Crippen LogP contribution in [-0.4, -0.2) is 23.6 Å². The van der Waals surface area contributed by atoms with Crippen molar-refractivity contribution in [2.75, 3.05) is 6.61 Å². The molecule has 0 spiro atoms. The molecule has 1 fully saturated rings. The molecule has 1 aliphatic rings. The van der Waals surface area contributed by atoms with E-state index in [1.165, 1.54) is 11.8 Å². The maximum atomic E-state index is 12.2. The monoisotopic (exact) mass is 465 g/mol. The number of thioether (sulfide) groups is 1. The number of carbonyl (C=O) groups is 2. The number of hydrogen-bond donors (Lipinski definition) is 2. The van der Waals surface area contributed by atoms with E-state index in [0.717, 1.165) is 10.2 Å². The zero-order valence-corrected chi connectivity index (χ0v) is 16.9. The summed E-state index contributed by atoms with van der Waals surface area (Å²) >= 11 is 10.7. The van der Waals surface area contributed by atoms with Crippen LogP contribution in [-0.2, 0) is 9.59 Å². The second kappa shape index (κ2) is 8.60. The van der Waals surface area contributed by atoms with Crippen molar-refractivity contribution in [2.24, 2.45) is 10.7 Å². The maximum absolute atomic E-state index is 12.2. The molecule has 0 saturated carbocycles. The molecular formula is C18H13BrClN3O3S. The number of primary amides is 1. The fourth-order valence-corrected chi connectivity index (χ4v) is 3.49. The smallest absolute Gasteiger partial charge is 0.264 e. The molecule has 2 amide bonds. The third-order valence-corrected chi connectivity index (χ3v) is 5.07. The number of amidine groups is 1. The number of carbonyl (C=O) groups excluding carboxylic acids is 2. The van der Waals surface area contributed by atoms with E-state index in [1.807, 2.05) is 24.3 Å². The summed E-state index contributed by atoms with van der Waals surface area (Å²) in [7, 11) is 0. The number of nitrogens with zero attached hydrogens (tertiary/aromatic N) is 1. The third kappa shape index (κ3) is 5.35. The average Bonchev–Trinajstić information content (AvgIpc) is 2.95. The molecule has 0 bridgehead atoms. The quantitative estimate of drug-likeness (QED) is 0.654. The van der Waals surface area contributed by atoms with Gasteiger partial charge < -0.3 is 15.8 Å². The Hall–Kier alpha value is -2.29. The van der Waals surface area contributed by atoms with Gasteiger partial charge in [0.05, 0.1) is 15.6 Å². The van der Waals surface area contributed by atoms with E-state index >= 15 is 0 Å². The Morgan fingerprint density at radius 1 is 1.30 bits per heavy atom. The number of hydrogen-bond acceptors (Lipinski definition) is 5. The van der Waals surface area contributed by atoms with Crippen LogP contribution in [0.1, 0.15) is 5.56 Å². The summed E-state index contributed by atoms with van der Waals surface area (Å²) in [6.45, 7) is -0.256. The molecule has 1 heterocycles. The predicted octanol–water partition coefficient (Wildman–Crippen LogP) is 3.86. The van der Waals surface area contributed by atoms with Crippen LogP contribution in [0.2, 0.25) is 5.02 Å². The summed E-state index contributed by atoms with van der Waals surface area (Å²) < 4.78 is 6.16. The Morgan fingerprint density at radius 2 is 2.04 bits per heavy atom. The van der Waals surface area contributed by atoms with Crippen LogP contribution >= 0.6 is 39.3 Å². The SMILES string of the molecule is NC(=O)COc1ccc(C=C2SC(=Nc3ccc(Br)cc3)NC2=O)cc1Cl. The van der Waals surface area contributed by atoms with E-state index in [0.29, 0.717) is 26.4 Å². The zero-order chi connectivity index (χ0) is 19.4. The fraction of sp³-hybridized carbons (Fsp3) is 0.0556. The Balaban J connectivity index is 1.75. The first kappa shape index (κ1) is 19.5. The van der Waals surface area contributed by atoms with E-state index in [9.17, 15) is 9.59 Å². The Bertz CT molecular complexity index is 961. The maximum Gasteiger partial charge on any atom is 0.264 e. The van der Waals surface area contributed by atoms with Crippen molar-refractivity contribution in [3.8, 4) is 5.75 Å². The van der Waals surface area contributed by atoms with E-state index in [4.69, 9.17) is 22.1 Å². The number of halogens is 2. The van der Waals surface area contributed by atoms with Crippen molar-refractivity contribution in [1.82, 2.24) is 5.32 Å². The largest absolute Gasteiger partial charge is 0.482 e. The summed E-state index contributed by atoms with van der Waals surface area (Å²) in [5.74, 6) is -0.478. The highest BCUT2D eigenvalue weighted by Gasteiger charge is 2.23. The summed E-state index contributed by atoms with van der Waals surface area (Å²) in [6.07, 6.45) is 1.70. The van der Waals surface area contributed by atoms with Gasteiger partial charge in [-0.2, -0.15) is 0 Å². The number of rotatable bonds is 5. The van der Waals surface area contributed by atoms with Gasteiger partial charge >= 0.3 is 0 Å². The molecular weight excluding hydrogens is 454 g/mol. The van der Waals surface area contributed by atoms with E-state index in [2.05, 4.69) is 26.2 Å². The summed E-state index contributed by atoms with van der Waals surface area (Å²) in [4.78, 5) is 27.8. The molecule has 3 rings (SSSR count). The lowest BCUT2D eigenvalue weighted by molar-refractivity contribution is -0.120. The molecule has 2 aromatic carbocycles. The summed E-state index contributed by atoms with van der Waals surface area (Å²) in [6, 6.07) is 12.4. The van der Waals surface area contributed by atoms with Gasteiger partial charge in [0.15, 0.2) is 11.8 Å². The molecule has 138 valence electrons. The van der Waals surface area contributed by atoms with Gasteiger partial charge in [0.2, 0.25) is 0 Å². The predicted molar refractivity (Wildman–Crippen MR) is 111 cm³/mol. The zero-order valence-electron chi connectivity index (χ0n) is 13.7. The lowest BCUT2D eigenvalue weighted by Gasteiger charge is -2.06. The van der Waals surface area contributed by atoms with Gasteiger partial charge in [0.25, 0.3) is 11.8 Å². The second-order valence-corrected chi connectivity index (χ2v) is 7.76. The molecule has 3 N–H and O–H groups in total. The standard InChI is InChI=1S/C18H13BrClN3O3S/c19-11-2-4-12(5-3-11)22-18-23-17(25)15(27-18)8-10-1-6-14(13(20)7-10)26-9-16(21)24/h1-8H,9H2,(H2,21,24)(H,22,23,25). The molecule has 0 aliphatic carbocycles. The van der Waals surface area contributed by atoms with Crippen LogP contribution in [0.3, 0.4) is 0 Å². The van der Waals surface area contributed by atoms with Crippen molar-refractivity contribution in [3.63, 3.8) is 0 Å². The van der Waals surface area contributed by atoms with Crippen LogP contribution < -0.4 is 15.8 Å². The van der Waals surface area contributed by atoms with Crippen LogP contribution in [0.15, 0.2) is 56.8 Å². The Morgan fingerprint density at radius 3 is 2.70 bits per heavy atom. The molecule has 0 unspecified atom stereocenters. The summed E-state index contributed by atoms with van der Waals surface area (Å²) in [5, 5.41) is 3.55. The topological polar surface area (TPSA) is 93.8 Å². The van der Waals surface area contributed by atoms with Gasteiger partial charge in [-0.3, -0.25) is 9.59 Å². The van der Waals surface area contributed by atoms with Crippen molar-refractivity contribution in [2.45, 2.75) is 0 Å². The first-order chi connectivity index (χ1) is 12.9. The highest BCUT2D eigenvalue weighted by molar-refractivity contribution is 9.10. The minimum atomic E-state index is -0.589. The summed E-state index contributed by atoms with van der Waals surface area (Å²) in [5.41, 5.74) is 6.50. The van der Waals surface area contributed by atoms with E-state index < -0.39 is 5.91 Å². The van der Waals surface area contributed by atoms with Gasteiger partial charge in [-0.25, -0.2) is 4.99 Å². The van der Waals surface area contributed by atoms with Crippen LogP contribution in [0.4, 0.5) is 5.69 Å². The third-order valence-electron chi connectivity index (χ3n) is 3.33. The highest BCUT2D eigenvalue weighted by Crippen LogP contribution is 2.31. The highest BCUT2D eigenvalue weighted by atomic mass is 79.9. The Labute approximate surface area is 172 Å². The number of nitrogens with two attached hydrogens (primary N) is 1. The Kier molecular flexibility index (Phi) is 6.20.